The van der Waals surface area contributed by atoms with Crippen LogP contribution in [0.3, 0.4) is 0 Å². The number of carboxylic acids is 1. The maximum Gasteiger partial charge on any atom is 0.331 e. The number of aliphatic carboxylic acids is 1. The number of esters is 1. The van der Waals surface area contributed by atoms with Gasteiger partial charge in [0.1, 0.15) is 6.10 Å². The SMILES string of the molecule is C=C(C)[C@@H]1CC[C@]2(C(=O)O)CC[C@]3(C)C(CCC4[C@@]5(C)CC[C@H](OC(=O)/C=C/c6ccc(O)c(O)c6)C(C)(C)C5CC[C@]43C)C12. The molecule has 5 aliphatic carbocycles. The number of hydrogen-bond acceptors (Lipinski definition) is 5. The molecule has 0 aromatic heterocycles. The number of phenolic OH excluding ortho intramolecular Hbond substituents is 2. The van der Waals surface area contributed by atoms with E-state index in [1.807, 2.05) is 0 Å². The van der Waals surface area contributed by atoms with Crippen molar-refractivity contribution < 1.29 is 29.6 Å². The van der Waals surface area contributed by atoms with Crippen LogP contribution in [0.4, 0.5) is 0 Å². The van der Waals surface area contributed by atoms with Crippen LogP contribution in [0.5, 0.6) is 11.5 Å². The number of benzene rings is 1. The van der Waals surface area contributed by atoms with Crippen LogP contribution in [0, 0.1) is 56.7 Å². The summed E-state index contributed by atoms with van der Waals surface area (Å²) in [5.74, 6) is 0.473. The predicted octanol–water partition coefficient (Wildman–Crippen LogP) is 8.77. The normalized spacial score (nSPS) is 43.4. The molecule has 3 N–H and O–H groups in total. The molecule has 0 amide bonds. The molecule has 10 atom stereocenters. The van der Waals surface area contributed by atoms with Crippen LogP contribution < -0.4 is 0 Å². The first kappa shape index (κ1) is 32.2. The molecule has 4 unspecified atom stereocenters. The Bertz CT molecular complexity index is 1430. The number of carbonyl (C=O) groups is 2. The van der Waals surface area contributed by atoms with E-state index < -0.39 is 11.4 Å². The number of carbonyl (C=O) groups excluding carboxylic acids is 1. The molecule has 5 saturated carbocycles. The summed E-state index contributed by atoms with van der Waals surface area (Å²) in [7, 11) is 0. The predicted molar refractivity (Wildman–Crippen MR) is 175 cm³/mol. The van der Waals surface area contributed by atoms with Crippen molar-refractivity contribution in [1.82, 2.24) is 0 Å². The van der Waals surface area contributed by atoms with Crippen molar-refractivity contribution in [3.05, 3.63) is 42.0 Å². The summed E-state index contributed by atoms with van der Waals surface area (Å²) in [6, 6.07) is 4.46. The Morgan fingerprint density at radius 3 is 2.27 bits per heavy atom. The lowest BCUT2D eigenvalue weighted by Gasteiger charge is -2.72. The lowest BCUT2D eigenvalue weighted by atomic mass is 9.32. The minimum atomic E-state index is -0.598. The van der Waals surface area contributed by atoms with E-state index in [0.717, 1.165) is 64.2 Å². The highest BCUT2D eigenvalue weighted by atomic mass is 16.5. The van der Waals surface area contributed by atoms with Crippen molar-refractivity contribution in [3.63, 3.8) is 0 Å². The quantitative estimate of drug-likeness (QED) is 0.132. The molecule has 0 radical (unpaired) electrons. The Hall–Kier alpha value is -2.76. The van der Waals surface area contributed by atoms with Crippen LogP contribution in [-0.4, -0.2) is 33.4 Å². The lowest BCUT2D eigenvalue weighted by Crippen LogP contribution is -2.67. The van der Waals surface area contributed by atoms with Crippen molar-refractivity contribution in [2.45, 2.75) is 112 Å². The van der Waals surface area contributed by atoms with E-state index in [1.165, 1.54) is 23.8 Å². The maximum atomic E-state index is 13.0. The number of fused-ring (bicyclic) bond motifs is 7. The Balaban J connectivity index is 1.23. The highest BCUT2D eigenvalue weighted by Gasteiger charge is 2.72. The van der Waals surface area contributed by atoms with E-state index in [9.17, 15) is 24.9 Å². The molecular weight excluding hydrogens is 564 g/mol. The average Bonchev–Trinajstić information content (AvgIpc) is 3.37. The summed E-state index contributed by atoms with van der Waals surface area (Å²) in [6.07, 6.45) is 12.7. The van der Waals surface area contributed by atoms with Crippen LogP contribution in [-0.2, 0) is 14.3 Å². The molecule has 0 aliphatic heterocycles. The fourth-order valence-corrected chi connectivity index (χ4v) is 12.7. The van der Waals surface area contributed by atoms with Crippen LogP contribution >= 0.6 is 0 Å². The van der Waals surface area contributed by atoms with E-state index in [1.54, 1.807) is 12.1 Å². The molecule has 1 aromatic carbocycles. The topological polar surface area (TPSA) is 104 Å². The highest BCUT2D eigenvalue weighted by molar-refractivity contribution is 5.87. The summed E-state index contributed by atoms with van der Waals surface area (Å²) >= 11 is 0. The zero-order chi connectivity index (χ0) is 32.7. The highest BCUT2D eigenvalue weighted by Crippen LogP contribution is 2.77. The minimum absolute atomic E-state index is 0.0898. The molecule has 6 rings (SSSR count). The van der Waals surface area contributed by atoms with Crippen LogP contribution in [0.2, 0.25) is 0 Å². The standard InChI is InChI=1S/C39H54O6/c1-23(2)25-14-19-39(34(43)44)21-20-37(6)26(33(25)39)10-12-30-36(5)17-16-31(35(3,4)29(36)15-18-38(30,37)7)45-32(42)13-9-24-8-11-27(40)28(41)22-24/h8-9,11,13,22,25-26,29-31,33,40-41H,1,10,12,14-21H2,2-7H3,(H,43,44)/b13-9+/t25-,26?,29?,30?,31-,33?,36-,37+,38+,39-/m0/s1. The van der Waals surface area contributed by atoms with Gasteiger partial charge in [-0.3, -0.25) is 4.79 Å². The number of rotatable bonds is 5. The summed E-state index contributed by atoms with van der Waals surface area (Å²) in [4.78, 5) is 25.9. The minimum Gasteiger partial charge on any atom is -0.504 e. The second kappa shape index (κ2) is 10.6. The van der Waals surface area contributed by atoms with Gasteiger partial charge in [0.25, 0.3) is 0 Å². The molecule has 0 bridgehead atoms. The summed E-state index contributed by atoms with van der Waals surface area (Å²) in [5.41, 5.74) is 1.34. The lowest BCUT2D eigenvalue weighted by molar-refractivity contribution is -0.250. The van der Waals surface area contributed by atoms with Crippen LogP contribution in [0.25, 0.3) is 6.08 Å². The number of phenols is 2. The molecule has 45 heavy (non-hydrogen) atoms. The molecule has 1 aromatic rings. The fraction of sp³-hybridized carbons (Fsp3) is 0.692. The third-order valence-electron chi connectivity index (χ3n) is 15.1. The van der Waals surface area contributed by atoms with Gasteiger partial charge in [0.2, 0.25) is 0 Å². The Morgan fingerprint density at radius 2 is 1.60 bits per heavy atom. The van der Waals surface area contributed by atoms with E-state index in [0.29, 0.717) is 29.2 Å². The second-order valence-corrected chi connectivity index (χ2v) is 17.0. The molecule has 5 fully saturated rings. The van der Waals surface area contributed by atoms with E-state index in [-0.39, 0.29) is 51.2 Å². The number of aromatic hydroxyl groups is 2. The van der Waals surface area contributed by atoms with Crippen LogP contribution in [0.15, 0.2) is 36.4 Å². The summed E-state index contributed by atoms with van der Waals surface area (Å²) < 4.78 is 6.16. The molecular formula is C39H54O6. The van der Waals surface area contributed by atoms with Crippen molar-refractivity contribution in [1.29, 1.82) is 0 Å². The van der Waals surface area contributed by atoms with Gasteiger partial charge in [-0.25, -0.2) is 4.79 Å². The third kappa shape index (κ3) is 4.54. The number of ether oxygens (including phenoxy) is 1. The van der Waals surface area contributed by atoms with Gasteiger partial charge >= 0.3 is 11.9 Å². The largest absolute Gasteiger partial charge is 0.504 e. The van der Waals surface area contributed by atoms with Gasteiger partial charge in [-0.2, -0.15) is 0 Å². The van der Waals surface area contributed by atoms with E-state index in [4.69, 9.17) is 4.74 Å². The van der Waals surface area contributed by atoms with Gasteiger partial charge in [0, 0.05) is 11.5 Å². The average molecular weight is 619 g/mol. The van der Waals surface area contributed by atoms with Crippen molar-refractivity contribution in [2.24, 2.45) is 56.7 Å². The van der Waals surface area contributed by atoms with E-state index >= 15 is 0 Å². The van der Waals surface area contributed by atoms with Gasteiger partial charge in [-0.1, -0.05) is 52.8 Å². The van der Waals surface area contributed by atoms with Crippen molar-refractivity contribution in [2.75, 3.05) is 0 Å². The smallest absolute Gasteiger partial charge is 0.331 e. The fourth-order valence-electron chi connectivity index (χ4n) is 12.7. The van der Waals surface area contributed by atoms with Gasteiger partial charge in [0.05, 0.1) is 5.41 Å². The maximum absolute atomic E-state index is 13.0. The molecule has 0 spiro atoms. The summed E-state index contributed by atoms with van der Waals surface area (Å²) in [5, 5.41) is 30.0. The zero-order valence-electron chi connectivity index (χ0n) is 28.2. The van der Waals surface area contributed by atoms with Crippen molar-refractivity contribution in [3.8, 4) is 11.5 Å². The van der Waals surface area contributed by atoms with E-state index in [2.05, 4.69) is 48.1 Å². The first-order chi connectivity index (χ1) is 21.0. The molecule has 246 valence electrons. The van der Waals surface area contributed by atoms with Gasteiger partial charge < -0.3 is 20.1 Å². The zero-order valence-corrected chi connectivity index (χ0v) is 28.2. The molecule has 5 aliphatic rings. The molecule has 0 saturated heterocycles. The van der Waals surface area contributed by atoms with Crippen LogP contribution in [0.1, 0.15) is 111 Å². The first-order valence-electron chi connectivity index (χ1n) is 17.3. The second-order valence-electron chi connectivity index (χ2n) is 17.0. The molecule has 0 heterocycles. The van der Waals surface area contributed by atoms with Gasteiger partial charge in [-0.05, 0) is 141 Å². The Kier molecular flexibility index (Phi) is 7.61. The molecule has 6 nitrogen and oxygen atoms in total. The third-order valence-corrected chi connectivity index (χ3v) is 15.1. The number of carboxylic acid groups (broad SMARTS) is 1. The Morgan fingerprint density at radius 1 is 0.867 bits per heavy atom. The number of allylic oxidation sites excluding steroid dienone is 1. The number of hydrogen-bond donors (Lipinski definition) is 3. The van der Waals surface area contributed by atoms with Gasteiger partial charge in [-0.15, -0.1) is 0 Å². The summed E-state index contributed by atoms with van der Waals surface area (Å²) in [6.45, 7) is 18.7. The Labute approximate surface area is 269 Å². The first-order valence-corrected chi connectivity index (χ1v) is 17.3. The molecule has 6 heteroatoms. The van der Waals surface area contributed by atoms with Gasteiger partial charge in [0.15, 0.2) is 11.5 Å². The van der Waals surface area contributed by atoms with Crippen molar-refractivity contribution >= 4 is 18.0 Å². The monoisotopic (exact) mass is 618 g/mol.